The number of aromatic nitrogens is 1. The molecule has 0 atom stereocenters. The SMILES string of the molecule is C=CC[n+]1ccccc1C(c1ccccc1)c1ccccc1. The summed E-state index contributed by atoms with van der Waals surface area (Å²) < 4.78 is 2.26. The van der Waals surface area contributed by atoms with Gasteiger partial charge in [-0.2, -0.15) is 4.57 Å². The smallest absolute Gasteiger partial charge is 0.193 e. The van der Waals surface area contributed by atoms with Crippen molar-refractivity contribution in [2.75, 3.05) is 0 Å². The molecule has 0 spiro atoms. The molecule has 1 nitrogen and oxygen atoms in total. The Labute approximate surface area is 132 Å². The van der Waals surface area contributed by atoms with E-state index in [2.05, 4.69) is 96.2 Å². The fraction of sp³-hybridized carbons (Fsp3) is 0.0952. The molecule has 2 aromatic carbocycles. The molecule has 22 heavy (non-hydrogen) atoms. The van der Waals surface area contributed by atoms with Gasteiger partial charge in [-0.1, -0.05) is 73.3 Å². The monoisotopic (exact) mass is 286 g/mol. The largest absolute Gasteiger partial charge is 0.198 e. The summed E-state index contributed by atoms with van der Waals surface area (Å²) in [6.45, 7) is 4.69. The standard InChI is InChI=1S/C21H20N/c1-2-16-22-17-10-9-15-20(22)21(18-11-5-3-6-12-18)19-13-7-4-8-14-19/h2-15,17,21H,1,16H2/q+1. The molecule has 0 saturated heterocycles. The van der Waals surface area contributed by atoms with Crippen LogP contribution in [-0.4, -0.2) is 0 Å². The van der Waals surface area contributed by atoms with Gasteiger partial charge in [0.2, 0.25) is 0 Å². The minimum absolute atomic E-state index is 0.226. The molecule has 3 aromatic rings. The topological polar surface area (TPSA) is 3.88 Å². The summed E-state index contributed by atoms with van der Waals surface area (Å²) in [5.74, 6) is 0.226. The first-order chi connectivity index (χ1) is 10.9. The van der Waals surface area contributed by atoms with Gasteiger partial charge in [-0.15, -0.1) is 0 Å². The number of allylic oxidation sites excluding steroid dienone is 1. The average molecular weight is 286 g/mol. The zero-order valence-corrected chi connectivity index (χ0v) is 12.6. The van der Waals surface area contributed by atoms with E-state index in [4.69, 9.17) is 0 Å². The lowest BCUT2D eigenvalue weighted by Gasteiger charge is -2.16. The highest BCUT2D eigenvalue weighted by molar-refractivity contribution is 5.38. The lowest BCUT2D eigenvalue weighted by molar-refractivity contribution is -0.694. The van der Waals surface area contributed by atoms with Crippen LogP contribution in [0, 0.1) is 0 Å². The second-order valence-corrected chi connectivity index (χ2v) is 5.32. The fourth-order valence-electron chi connectivity index (χ4n) is 2.88. The number of hydrogen-bond acceptors (Lipinski definition) is 0. The Hall–Kier alpha value is -2.67. The Balaban J connectivity index is 2.17. The first-order valence-corrected chi connectivity index (χ1v) is 7.59. The van der Waals surface area contributed by atoms with E-state index in [1.165, 1.54) is 16.8 Å². The maximum Gasteiger partial charge on any atom is 0.193 e. The van der Waals surface area contributed by atoms with Crippen LogP contribution >= 0.6 is 0 Å². The Morgan fingerprint density at radius 3 is 1.86 bits per heavy atom. The molecule has 0 N–H and O–H groups in total. The van der Waals surface area contributed by atoms with Crippen LogP contribution in [0.25, 0.3) is 0 Å². The van der Waals surface area contributed by atoms with Gasteiger partial charge in [-0.05, 0) is 17.2 Å². The summed E-state index contributed by atoms with van der Waals surface area (Å²) in [5, 5.41) is 0. The number of rotatable bonds is 5. The molecule has 0 saturated carbocycles. The van der Waals surface area contributed by atoms with Gasteiger partial charge in [-0.3, -0.25) is 0 Å². The van der Waals surface area contributed by atoms with Crippen molar-refractivity contribution in [2.24, 2.45) is 0 Å². The summed E-state index contributed by atoms with van der Waals surface area (Å²) in [6, 6.07) is 27.7. The molecule has 0 radical (unpaired) electrons. The molecule has 1 heterocycles. The van der Waals surface area contributed by atoms with Crippen molar-refractivity contribution in [1.29, 1.82) is 0 Å². The second kappa shape index (κ2) is 6.86. The Bertz CT molecular complexity index is 693. The first kappa shape index (κ1) is 14.3. The van der Waals surface area contributed by atoms with Crippen LogP contribution in [0.1, 0.15) is 22.7 Å². The van der Waals surface area contributed by atoms with Gasteiger partial charge in [0, 0.05) is 12.1 Å². The quantitative estimate of drug-likeness (QED) is 0.485. The molecule has 0 aliphatic carbocycles. The summed E-state index contributed by atoms with van der Waals surface area (Å²) in [4.78, 5) is 0. The van der Waals surface area contributed by atoms with Gasteiger partial charge >= 0.3 is 0 Å². The fourth-order valence-corrected chi connectivity index (χ4v) is 2.88. The molecular weight excluding hydrogens is 266 g/mol. The van der Waals surface area contributed by atoms with Crippen molar-refractivity contribution in [3.05, 3.63) is 115 Å². The Morgan fingerprint density at radius 1 is 0.773 bits per heavy atom. The highest BCUT2D eigenvalue weighted by Gasteiger charge is 2.24. The van der Waals surface area contributed by atoms with E-state index >= 15 is 0 Å². The number of hydrogen-bond donors (Lipinski definition) is 0. The third kappa shape index (κ3) is 2.99. The molecule has 3 rings (SSSR count). The normalized spacial score (nSPS) is 10.6. The summed E-state index contributed by atoms with van der Waals surface area (Å²) in [6.07, 6.45) is 4.06. The van der Waals surface area contributed by atoms with Crippen molar-refractivity contribution in [2.45, 2.75) is 12.5 Å². The van der Waals surface area contributed by atoms with Crippen molar-refractivity contribution >= 4 is 0 Å². The van der Waals surface area contributed by atoms with Gasteiger partial charge in [0.05, 0.1) is 5.92 Å². The summed E-state index contributed by atoms with van der Waals surface area (Å²) >= 11 is 0. The van der Waals surface area contributed by atoms with Crippen molar-refractivity contribution in [3.8, 4) is 0 Å². The Kier molecular flexibility index (Phi) is 4.45. The summed E-state index contributed by atoms with van der Waals surface area (Å²) in [5.41, 5.74) is 3.88. The van der Waals surface area contributed by atoms with Gasteiger partial charge in [-0.25, -0.2) is 0 Å². The van der Waals surface area contributed by atoms with Crippen molar-refractivity contribution in [3.63, 3.8) is 0 Å². The summed E-state index contributed by atoms with van der Waals surface area (Å²) in [7, 11) is 0. The van der Waals surface area contributed by atoms with E-state index in [1.807, 2.05) is 6.08 Å². The minimum atomic E-state index is 0.226. The van der Waals surface area contributed by atoms with E-state index in [0.717, 1.165) is 6.54 Å². The predicted octanol–water partition coefficient (Wildman–Crippen LogP) is 4.34. The molecular formula is C21H20N+. The van der Waals surface area contributed by atoms with Crippen LogP contribution < -0.4 is 4.57 Å². The second-order valence-electron chi connectivity index (χ2n) is 5.32. The molecule has 1 aromatic heterocycles. The van der Waals surface area contributed by atoms with Gasteiger partial charge < -0.3 is 0 Å². The van der Waals surface area contributed by atoms with Crippen LogP contribution in [-0.2, 0) is 6.54 Å². The van der Waals surface area contributed by atoms with Crippen LogP contribution in [0.4, 0.5) is 0 Å². The van der Waals surface area contributed by atoms with Crippen LogP contribution in [0.3, 0.4) is 0 Å². The number of benzene rings is 2. The maximum absolute atomic E-state index is 3.88. The highest BCUT2D eigenvalue weighted by Crippen LogP contribution is 2.29. The molecule has 0 bridgehead atoms. The average Bonchev–Trinajstić information content (AvgIpc) is 2.59. The van der Waals surface area contributed by atoms with Crippen LogP contribution in [0.15, 0.2) is 97.7 Å². The molecule has 0 amide bonds. The lowest BCUT2D eigenvalue weighted by Crippen LogP contribution is -2.38. The molecule has 108 valence electrons. The highest BCUT2D eigenvalue weighted by atomic mass is 15.0. The molecule has 0 unspecified atom stereocenters. The lowest BCUT2D eigenvalue weighted by atomic mass is 9.88. The minimum Gasteiger partial charge on any atom is -0.198 e. The molecule has 0 aliphatic rings. The Morgan fingerprint density at radius 2 is 1.32 bits per heavy atom. The third-order valence-corrected chi connectivity index (χ3v) is 3.86. The molecule has 0 aliphatic heterocycles. The van der Waals surface area contributed by atoms with Crippen molar-refractivity contribution in [1.82, 2.24) is 0 Å². The van der Waals surface area contributed by atoms with E-state index in [9.17, 15) is 0 Å². The number of pyridine rings is 1. The van der Waals surface area contributed by atoms with E-state index in [0.29, 0.717) is 0 Å². The zero-order chi connectivity index (χ0) is 15.2. The van der Waals surface area contributed by atoms with E-state index < -0.39 is 0 Å². The van der Waals surface area contributed by atoms with Gasteiger partial charge in [0.1, 0.15) is 0 Å². The first-order valence-electron chi connectivity index (χ1n) is 7.59. The maximum atomic E-state index is 3.88. The van der Waals surface area contributed by atoms with Gasteiger partial charge in [0.25, 0.3) is 0 Å². The van der Waals surface area contributed by atoms with Crippen LogP contribution in [0.2, 0.25) is 0 Å². The predicted molar refractivity (Wildman–Crippen MR) is 90.7 cm³/mol. The third-order valence-electron chi connectivity index (χ3n) is 3.86. The van der Waals surface area contributed by atoms with Gasteiger partial charge in [0.15, 0.2) is 18.4 Å². The van der Waals surface area contributed by atoms with Crippen molar-refractivity contribution < 1.29 is 4.57 Å². The van der Waals surface area contributed by atoms with E-state index in [-0.39, 0.29) is 5.92 Å². The molecule has 0 fully saturated rings. The molecule has 1 heteroatoms. The number of nitrogens with zero attached hydrogens (tertiary/aromatic N) is 1. The zero-order valence-electron chi connectivity index (χ0n) is 12.6. The van der Waals surface area contributed by atoms with Crippen LogP contribution in [0.5, 0.6) is 0 Å². The van der Waals surface area contributed by atoms with E-state index in [1.54, 1.807) is 0 Å².